The first kappa shape index (κ1) is 14.2. The van der Waals surface area contributed by atoms with E-state index in [1.165, 1.54) is 0 Å². The highest BCUT2D eigenvalue weighted by molar-refractivity contribution is 6.07. The molecule has 0 saturated heterocycles. The average molecular weight is 300 g/mol. The molecular formula is C16H16N2O4. The van der Waals surface area contributed by atoms with E-state index < -0.39 is 6.03 Å². The van der Waals surface area contributed by atoms with E-state index in [0.717, 1.165) is 16.4 Å². The van der Waals surface area contributed by atoms with Gasteiger partial charge in [-0.05, 0) is 12.1 Å². The summed E-state index contributed by atoms with van der Waals surface area (Å²) in [6, 6.07) is 10.9. The zero-order chi connectivity index (χ0) is 15.5. The Morgan fingerprint density at radius 1 is 1.23 bits per heavy atom. The topological polar surface area (TPSA) is 83.7 Å². The van der Waals surface area contributed by atoms with Gasteiger partial charge >= 0.3 is 6.03 Å². The highest BCUT2D eigenvalue weighted by atomic mass is 16.5. The van der Waals surface area contributed by atoms with Gasteiger partial charge in [0.2, 0.25) is 0 Å². The van der Waals surface area contributed by atoms with Crippen LogP contribution >= 0.6 is 0 Å². The number of ether oxygens (including phenoxy) is 1. The molecule has 0 radical (unpaired) electrons. The van der Waals surface area contributed by atoms with E-state index in [-0.39, 0.29) is 13.2 Å². The summed E-state index contributed by atoms with van der Waals surface area (Å²) in [6.45, 7) is 0.0637. The Hall–Kier alpha value is -2.73. The summed E-state index contributed by atoms with van der Waals surface area (Å²) >= 11 is 0. The second kappa shape index (κ2) is 5.95. The van der Waals surface area contributed by atoms with E-state index in [1.807, 2.05) is 30.3 Å². The monoisotopic (exact) mass is 300 g/mol. The lowest BCUT2D eigenvalue weighted by molar-refractivity contribution is 0.244. The van der Waals surface area contributed by atoms with Crippen molar-refractivity contribution in [1.29, 1.82) is 0 Å². The fraction of sp³-hybridized carbons (Fsp3) is 0.188. The predicted octanol–water partition coefficient (Wildman–Crippen LogP) is 2.71. The molecule has 1 heterocycles. The van der Waals surface area contributed by atoms with E-state index in [9.17, 15) is 4.79 Å². The molecule has 0 aliphatic carbocycles. The van der Waals surface area contributed by atoms with Gasteiger partial charge in [-0.2, -0.15) is 0 Å². The molecule has 2 aromatic carbocycles. The van der Waals surface area contributed by atoms with E-state index in [2.05, 4.69) is 10.6 Å². The fourth-order valence-electron chi connectivity index (χ4n) is 2.35. The summed E-state index contributed by atoms with van der Waals surface area (Å²) in [6.07, 6.45) is 0. The summed E-state index contributed by atoms with van der Waals surface area (Å²) in [5.41, 5.74) is 1.95. The number of para-hydroxylation sites is 1. The quantitative estimate of drug-likeness (QED) is 0.691. The van der Waals surface area contributed by atoms with Crippen LogP contribution in [0.1, 0.15) is 0 Å². The highest BCUT2D eigenvalue weighted by Gasteiger charge is 2.13. The first-order valence-electron chi connectivity index (χ1n) is 6.88. The second-order valence-corrected chi connectivity index (χ2v) is 4.75. The number of aliphatic hydroxyl groups excluding tert-OH is 1. The average Bonchev–Trinajstić information content (AvgIpc) is 2.89. The minimum absolute atomic E-state index is 0.118. The normalized spacial score (nSPS) is 10.8. The Balaban J connectivity index is 2.02. The number of urea groups is 1. The van der Waals surface area contributed by atoms with Crippen LogP contribution in [0.5, 0.6) is 5.75 Å². The summed E-state index contributed by atoms with van der Waals surface area (Å²) in [4.78, 5) is 11.7. The van der Waals surface area contributed by atoms with E-state index in [1.54, 1.807) is 13.2 Å². The number of hydrogen-bond donors (Lipinski definition) is 3. The number of nitrogens with one attached hydrogen (secondary N) is 2. The molecule has 1 aromatic heterocycles. The van der Waals surface area contributed by atoms with Gasteiger partial charge in [-0.3, -0.25) is 0 Å². The standard InChI is InChI=1S/C16H16N2O4/c1-21-15-8-11-10-4-2-3-5-13(10)22-14(11)9-12(15)18-16(20)17-6-7-19/h2-5,8-9,19H,6-7H2,1H3,(H2,17,18,20). The third-order valence-corrected chi connectivity index (χ3v) is 3.34. The molecule has 0 saturated carbocycles. The van der Waals surface area contributed by atoms with Gasteiger partial charge in [-0.15, -0.1) is 0 Å². The van der Waals surface area contributed by atoms with Gasteiger partial charge in [-0.1, -0.05) is 18.2 Å². The molecule has 0 atom stereocenters. The number of benzene rings is 2. The minimum atomic E-state index is -0.414. The van der Waals surface area contributed by atoms with Crippen LogP contribution in [0, 0.1) is 0 Å². The number of carbonyl (C=O) groups excluding carboxylic acids is 1. The number of rotatable bonds is 4. The van der Waals surface area contributed by atoms with Crippen molar-refractivity contribution in [2.24, 2.45) is 0 Å². The molecule has 2 amide bonds. The molecule has 0 aliphatic rings. The van der Waals surface area contributed by atoms with Crippen molar-refractivity contribution in [3.63, 3.8) is 0 Å². The van der Waals surface area contributed by atoms with E-state index in [4.69, 9.17) is 14.3 Å². The maximum Gasteiger partial charge on any atom is 0.319 e. The molecule has 0 fully saturated rings. The third-order valence-electron chi connectivity index (χ3n) is 3.34. The zero-order valence-corrected chi connectivity index (χ0v) is 12.1. The maximum absolute atomic E-state index is 11.7. The first-order chi connectivity index (χ1) is 10.7. The van der Waals surface area contributed by atoms with Gasteiger partial charge in [0.1, 0.15) is 16.9 Å². The summed E-state index contributed by atoms with van der Waals surface area (Å²) < 4.78 is 11.1. The Labute approximate surface area is 126 Å². The van der Waals surface area contributed by atoms with E-state index >= 15 is 0 Å². The molecule has 0 aliphatic heterocycles. The molecule has 0 spiro atoms. The lowest BCUT2D eigenvalue weighted by Gasteiger charge is -2.10. The van der Waals surface area contributed by atoms with Crippen molar-refractivity contribution in [2.45, 2.75) is 0 Å². The third kappa shape index (κ3) is 2.56. The summed E-state index contributed by atoms with van der Waals surface area (Å²) in [5.74, 6) is 0.540. The van der Waals surface area contributed by atoms with Gasteiger partial charge in [-0.25, -0.2) is 4.79 Å². The molecule has 6 heteroatoms. The number of amides is 2. The van der Waals surface area contributed by atoms with Crippen molar-refractivity contribution in [3.05, 3.63) is 36.4 Å². The molecule has 22 heavy (non-hydrogen) atoms. The predicted molar refractivity (Wildman–Crippen MR) is 84.4 cm³/mol. The molecule has 6 nitrogen and oxygen atoms in total. The van der Waals surface area contributed by atoms with Crippen LogP contribution in [-0.4, -0.2) is 31.4 Å². The van der Waals surface area contributed by atoms with Crippen molar-refractivity contribution < 1.29 is 19.1 Å². The SMILES string of the molecule is COc1cc2c(cc1NC(=O)NCCO)oc1ccccc12. The smallest absolute Gasteiger partial charge is 0.319 e. The second-order valence-electron chi connectivity index (χ2n) is 4.75. The van der Waals surface area contributed by atoms with Gasteiger partial charge in [0, 0.05) is 23.4 Å². The number of carbonyl (C=O) groups is 1. The van der Waals surface area contributed by atoms with Gasteiger partial charge in [0.05, 0.1) is 19.4 Å². The number of fused-ring (bicyclic) bond motifs is 3. The zero-order valence-electron chi connectivity index (χ0n) is 12.1. The van der Waals surface area contributed by atoms with Crippen molar-refractivity contribution in [3.8, 4) is 5.75 Å². The Bertz CT molecular complexity index is 825. The molecule has 3 rings (SSSR count). The van der Waals surface area contributed by atoms with Crippen LogP contribution in [0.2, 0.25) is 0 Å². The van der Waals surface area contributed by atoms with Gasteiger partial charge < -0.3 is 24.9 Å². The van der Waals surface area contributed by atoms with Crippen LogP contribution in [0.25, 0.3) is 21.9 Å². The molecule has 3 N–H and O–H groups in total. The van der Waals surface area contributed by atoms with Crippen LogP contribution in [0.3, 0.4) is 0 Å². The number of furan rings is 1. The van der Waals surface area contributed by atoms with Gasteiger partial charge in [0.25, 0.3) is 0 Å². The number of anilines is 1. The fourth-order valence-corrected chi connectivity index (χ4v) is 2.35. The lowest BCUT2D eigenvalue weighted by atomic mass is 10.1. The Morgan fingerprint density at radius 3 is 2.82 bits per heavy atom. The maximum atomic E-state index is 11.7. The molecule has 3 aromatic rings. The molecule has 0 bridgehead atoms. The molecule has 0 unspecified atom stereocenters. The van der Waals surface area contributed by atoms with Gasteiger partial charge in [0.15, 0.2) is 0 Å². The number of hydrogen-bond acceptors (Lipinski definition) is 4. The Kier molecular flexibility index (Phi) is 3.84. The summed E-state index contributed by atoms with van der Waals surface area (Å²) in [5, 5.41) is 15.8. The number of methoxy groups -OCH3 is 1. The van der Waals surface area contributed by atoms with Crippen LogP contribution in [-0.2, 0) is 0 Å². The van der Waals surface area contributed by atoms with Crippen LogP contribution in [0.4, 0.5) is 10.5 Å². The van der Waals surface area contributed by atoms with Crippen molar-refractivity contribution in [1.82, 2.24) is 5.32 Å². The summed E-state index contributed by atoms with van der Waals surface area (Å²) in [7, 11) is 1.54. The van der Waals surface area contributed by atoms with Crippen molar-refractivity contribution in [2.75, 3.05) is 25.6 Å². The van der Waals surface area contributed by atoms with Crippen LogP contribution < -0.4 is 15.4 Å². The number of aliphatic hydroxyl groups is 1. The minimum Gasteiger partial charge on any atom is -0.495 e. The largest absolute Gasteiger partial charge is 0.495 e. The Morgan fingerprint density at radius 2 is 2.05 bits per heavy atom. The first-order valence-corrected chi connectivity index (χ1v) is 6.88. The lowest BCUT2D eigenvalue weighted by Crippen LogP contribution is -2.31. The van der Waals surface area contributed by atoms with E-state index in [0.29, 0.717) is 17.0 Å². The molecule has 114 valence electrons. The molecular weight excluding hydrogens is 284 g/mol. The highest BCUT2D eigenvalue weighted by Crippen LogP contribution is 2.36. The van der Waals surface area contributed by atoms with Crippen LogP contribution in [0.15, 0.2) is 40.8 Å². The van der Waals surface area contributed by atoms with Crippen molar-refractivity contribution >= 4 is 33.7 Å².